The average Bonchev–Trinajstić information content (AvgIpc) is 2.41. The van der Waals surface area contributed by atoms with E-state index in [1.807, 2.05) is 0 Å². The van der Waals surface area contributed by atoms with Gasteiger partial charge >= 0.3 is 12.0 Å². The lowest BCUT2D eigenvalue weighted by Gasteiger charge is -2.34. The first-order chi connectivity index (χ1) is 8.63. The summed E-state index contributed by atoms with van der Waals surface area (Å²) in [4.78, 5) is 15.2. The van der Waals surface area contributed by atoms with Crippen molar-refractivity contribution in [3.8, 4) is 12.0 Å². The van der Waals surface area contributed by atoms with E-state index < -0.39 is 0 Å². The van der Waals surface area contributed by atoms with Crippen molar-refractivity contribution in [2.24, 2.45) is 5.92 Å². The van der Waals surface area contributed by atoms with E-state index in [0.717, 1.165) is 19.5 Å². The minimum atomic E-state index is 0.283. The fourth-order valence-corrected chi connectivity index (χ4v) is 2.32. The van der Waals surface area contributed by atoms with E-state index in [1.165, 1.54) is 14.2 Å². The number of hydrogen-bond acceptors (Lipinski definition) is 6. The molecule has 0 amide bonds. The van der Waals surface area contributed by atoms with Crippen LogP contribution in [0.15, 0.2) is 0 Å². The quantitative estimate of drug-likeness (QED) is 0.788. The van der Waals surface area contributed by atoms with Crippen LogP contribution in [-0.4, -0.2) is 47.1 Å². The Balaban J connectivity index is 2.22. The highest BCUT2D eigenvalue weighted by molar-refractivity contribution is 9.09. The molecule has 0 aliphatic carbocycles. The summed E-state index contributed by atoms with van der Waals surface area (Å²) in [6, 6.07) is 0.566. The summed E-state index contributed by atoms with van der Waals surface area (Å²) in [7, 11) is 3.07. The summed E-state index contributed by atoms with van der Waals surface area (Å²) in [6.45, 7) is 4.03. The van der Waals surface area contributed by atoms with Crippen molar-refractivity contribution >= 4 is 21.9 Å². The Morgan fingerprint density at radius 1 is 1.17 bits per heavy atom. The fraction of sp³-hybridized carbons (Fsp3) is 0.727. The third-order valence-electron chi connectivity index (χ3n) is 3.03. The highest BCUT2D eigenvalue weighted by atomic mass is 79.9. The molecule has 2 atom stereocenters. The Morgan fingerprint density at radius 2 is 1.78 bits per heavy atom. The summed E-state index contributed by atoms with van der Waals surface area (Å²) in [6.07, 6.45) is 1.07. The summed E-state index contributed by atoms with van der Waals surface area (Å²) in [5.74, 6) is 1.16. The van der Waals surface area contributed by atoms with Gasteiger partial charge in [0.25, 0.3) is 0 Å². The van der Waals surface area contributed by atoms with Crippen molar-refractivity contribution in [3.05, 3.63) is 0 Å². The van der Waals surface area contributed by atoms with E-state index in [2.05, 4.69) is 42.7 Å². The minimum Gasteiger partial charge on any atom is -0.467 e. The lowest BCUT2D eigenvalue weighted by Crippen LogP contribution is -2.40. The van der Waals surface area contributed by atoms with Crippen LogP contribution in [0, 0.1) is 5.92 Å². The van der Waals surface area contributed by atoms with Crippen LogP contribution in [0.25, 0.3) is 0 Å². The third kappa shape index (κ3) is 2.82. The third-order valence-corrected chi connectivity index (χ3v) is 4.39. The molecule has 0 aromatic carbocycles. The molecule has 1 aromatic heterocycles. The van der Waals surface area contributed by atoms with E-state index >= 15 is 0 Å². The maximum Gasteiger partial charge on any atom is 0.324 e. The second kappa shape index (κ2) is 5.69. The van der Waals surface area contributed by atoms with E-state index in [-0.39, 0.29) is 12.0 Å². The van der Waals surface area contributed by atoms with Crippen LogP contribution in [0.3, 0.4) is 0 Å². The van der Waals surface area contributed by atoms with E-state index in [9.17, 15) is 0 Å². The highest BCUT2D eigenvalue weighted by Crippen LogP contribution is 2.26. The number of anilines is 1. The second-order valence-corrected chi connectivity index (χ2v) is 5.51. The number of ether oxygens (including phenoxy) is 2. The van der Waals surface area contributed by atoms with Gasteiger partial charge in [-0.2, -0.15) is 9.97 Å². The fourth-order valence-electron chi connectivity index (χ4n) is 1.95. The normalized spacial score (nSPS) is 23.9. The number of methoxy groups -OCH3 is 2. The molecule has 18 heavy (non-hydrogen) atoms. The van der Waals surface area contributed by atoms with Crippen molar-refractivity contribution in [3.63, 3.8) is 0 Å². The predicted octanol–water partition coefficient (Wildman–Crippen LogP) is 1.50. The smallest absolute Gasteiger partial charge is 0.324 e. The van der Waals surface area contributed by atoms with Gasteiger partial charge in [0.2, 0.25) is 5.95 Å². The molecular formula is C11H17BrN4O2. The first kappa shape index (κ1) is 13.3. The number of piperidine rings is 1. The molecule has 2 rings (SSSR count). The maximum absolute atomic E-state index is 5.06. The molecular weight excluding hydrogens is 300 g/mol. The highest BCUT2D eigenvalue weighted by Gasteiger charge is 2.26. The van der Waals surface area contributed by atoms with Crippen LogP contribution in [0.5, 0.6) is 12.0 Å². The van der Waals surface area contributed by atoms with Crippen LogP contribution in [0.4, 0.5) is 5.95 Å². The average molecular weight is 317 g/mol. The van der Waals surface area contributed by atoms with E-state index in [0.29, 0.717) is 16.7 Å². The largest absolute Gasteiger partial charge is 0.467 e. The monoisotopic (exact) mass is 316 g/mol. The minimum absolute atomic E-state index is 0.283. The Morgan fingerprint density at radius 3 is 2.28 bits per heavy atom. The molecule has 2 heterocycles. The Labute approximate surface area is 115 Å². The van der Waals surface area contributed by atoms with E-state index in [4.69, 9.17) is 9.47 Å². The zero-order valence-corrected chi connectivity index (χ0v) is 12.3. The van der Waals surface area contributed by atoms with Crippen molar-refractivity contribution in [2.45, 2.75) is 18.2 Å². The van der Waals surface area contributed by atoms with Gasteiger partial charge in [0.05, 0.1) is 14.2 Å². The van der Waals surface area contributed by atoms with Crippen LogP contribution < -0.4 is 14.4 Å². The van der Waals surface area contributed by atoms with Crippen LogP contribution >= 0.6 is 15.9 Å². The number of rotatable bonds is 3. The molecule has 0 bridgehead atoms. The number of nitrogens with zero attached hydrogens (tertiary/aromatic N) is 4. The molecule has 7 heteroatoms. The molecule has 1 aliphatic rings. The summed E-state index contributed by atoms with van der Waals surface area (Å²) in [5, 5.41) is 0. The van der Waals surface area contributed by atoms with Crippen molar-refractivity contribution in [1.82, 2.24) is 15.0 Å². The molecule has 0 saturated carbocycles. The van der Waals surface area contributed by atoms with Gasteiger partial charge in [-0.05, 0) is 12.3 Å². The van der Waals surface area contributed by atoms with Crippen molar-refractivity contribution in [2.75, 3.05) is 32.2 Å². The Hall–Kier alpha value is -1.11. The van der Waals surface area contributed by atoms with Gasteiger partial charge in [-0.3, -0.25) is 0 Å². The maximum atomic E-state index is 5.06. The Bertz CT molecular complexity index is 396. The van der Waals surface area contributed by atoms with Gasteiger partial charge < -0.3 is 14.4 Å². The molecule has 1 saturated heterocycles. The first-order valence-electron chi connectivity index (χ1n) is 5.87. The zero-order valence-electron chi connectivity index (χ0n) is 10.8. The summed E-state index contributed by atoms with van der Waals surface area (Å²) >= 11 is 3.68. The molecule has 0 N–H and O–H groups in total. The molecule has 6 nitrogen and oxygen atoms in total. The van der Waals surface area contributed by atoms with Gasteiger partial charge in [-0.25, -0.2) is 0 Å². The number of halogens is 1. The topological polar surface area (TPSA) is 60.4 Å². The van der Waals surface area contributed by atoms with Gasteiger partial charge in [-0.15, -0.1) is 4.98 Å². The summed E-state index contributed by atoms with van der Waals surface area (Å²) in [5.41, 5.74) is 0. The van der Waals surface area contributed by atoms with Gasteiger partial charge in [0.15, 0.2) is 0 Å². The zero-order chi connectivity index (χ0) is 13.1. The van der Waals surface area contributed by atoms with Gasteiger partial charge in [0, 0.05) is 17.9 Å². The number of alkyl halides is 1. The molecule has 1 fully saturated rings. The standard InChI is InChI=1S/C11H17BrN4O2/c1-7-6-16(5-4-8(7)12)9-13-10(17-2)15-11(14-9)18-3/h7-8H,4-6H2,1-3H3. The lowest BCUT2D eigenvalue weighted by molar-refractivity contribution is 0.338. The summed E-state index contributed by atoms with van der Waals surface area (Å²) < 4.78 is 10.1. The molecule has 1 aromatic rings. The molecule has 2 unspecified atom stereocenters. The van der Waals surface area contributed by atoms with Gasteiger partial charge in [-0.1, -0.05) is 22.9 Å². The van der Waals surface area contributed by atoms with Crippen LogP contribution in [0.1, 0.15) is 13.3 Å². The second-order valence-electron chi connectivity index (χ2n) is 4.34. The first-order valence-corrected chi connectivity index (χ1v) is 6.78. The number of aromatic nitrogens is 3. The Kier molecular flexibility index (Phi) is 4.21. The van der Waals surface area contributed by atoms with Gasteiger partial charge in [0.1, 0.15) is 0 Å². The van der Waals surface area contributed by atoms with Crippen LogP contribution in [-0.2, 0) is 0 Å². The molecule has 1 aliphatic heterocycles. The molecule has 0 spiro atoms. The lowest BCUT2D eigenvalue weighted by atomic mass is 10.0. The van der Waals surface area contributed by atoms with Crippen molar-refractivity contribution in [1.29, 1.82) is 0 Å². The van der Waals surface area contributed by atoms with Crippen molar-refractivity contribution < 1.29 is 9.47 Å². The number of hydrogen-bond donors (Lipinski definition) is 0. The molecule has 0 radical (unpaired) electrons. The van der Waals surface area contributed by atoms with E-state index in [1.54, 1.807) is 0 Å². The SMILES string of the molecule is COc1nc(OC)nc(N2CCC(Br)C(C)C2)n1. The molecule has 100 valence electrons. The van der Waals surface area contributed by atoms with Crippen LogP contribution in [0.2, 0.25) is 0 Å². The predicted molar refractivity (Wildman–Crippen MR) is 71.6 cm³/mol.